The summed E-state index contributed by atoms with van der Waals surface area (Å²) in [6.45, 7) is 1.34. The Morgan fingerprint density at radius 3 is 2.61 bits per heavy atom. The molecule has 0 atom stereocenters. The van der Waals surface area contributed by atoms with Gasteiger partial charge in [0.05, 0.1) is 16.7 Å². The maximum Gasteiger partial charge on any atom is 0.416 e. The number of amides is 1. The fourth-order valence-electron chi connectivity index (χ4n) is 1.86. The molecule has 0 aliphatic rings. The molecule has 1 amide bonds. The van der Waals surface area contributed by atoms with E-state index in [1.54, 1.807) is 6.92 Å². The van der Waals surface area contributed by atoms with Gasteiger partial charge in [-0.05, 0) is 18.6 Å². The van der Waals surface area contributed by atoms with Gasteiger partial charge in [-0.1, -0.05) is 0 Å². The molecule has 0 saturated carbocycles. The number of aromatic amines is 1. The van der Waals surface area contributed by atoms with Crippen molar-refractivity contribution in [1.29, 1.82) is 0 Å². The number of hydrogen-bond donors (Lipinski definition) is 2. The van der Waals surface area contributed by atoms with Crippen LogP contribution in [0.3, 0.4) is 0 Å². The molecule has 1 heterocycles. The molecule has 0 saturated heterocycles. The first-order valence-electron chi connectivity index (χ1n) is 6.32. The molecule has 0 unspecified atom stereocenters. The summed E-state index contributed by atoms with van der Waals surface area (Å²) in [5, 5.41) is 13.1. The second-order valence-electron chi connectivity index (χ2n) is 4.71. The number of nitrogens with zero attached hydrogens (tertiary/aromatic N) is 2. The second kappa shape index (κ2) is 6.07. The van der Waals surface area contributed by atoms with Crippen LogP contribution in [0.25, 0.3) is 0 Å². The van der Waals surface area contributed by atoms with Gasteiger partial charge in [0.1, 0.15) is 11.5 Å². The van der Waals surface area contributed by atoms with E-state index in [9.17, 15) is 28.1 Å². The van der Waals surface area contributed by atoms with Crippen molar-refractivity contribution in [2.75, 3.05) is 0 Å². The number of halogens is 3. The number of H-pyrrole nitrogens is 1. The molecular weight excluding hydrogens is 317 g/mol. The first kappa shape index (κ1) is 16.5. The van der Waals surface area contributed by atoms with Crippen LogP contribution in [-0.2, 0) is 12.7 Å². The molecule has 1 aromatic carbocycles. The molecule has 2 rings (SSSR count). The van der Waals surface area contributed by atoms with E-state index in [0.717, 1.165) is 12.1 Å². The zero-order valence-corrected chi connectivity index (χ0v) is 11.8. The SMILES string of the molecule is Cc1ncc(C(=O)NCc2cc([N+](=O)[O-])cc(C(F)(F)F)c2)[nH]1. The quantitative estimate of drug-likeness (QED) is 0.665. The van der Waals surface area contributed by atoms with E-state index in [2.05, 4.69) is 15.3 Å². The Morgan fingerprint density at radius 2 is 2.09 bits per heavy atom. The number of alkyl halides is 3. The number of nitrogens with one attached hydrogen (secondary N) is 2. The van der Waals surface area contributed by atoms with Gasteiger partial charge in [0.15, 0.2) is 0 Å². The third-order valence-corrected chi connectivity index (χ3v) is 2.92. The van der Waals surface area contributed by atoms with Gasteiger partial charge in [-0.2, -0.15) is 13.2 Å². The molecule has 2 N–H and O–H groups in total. The van der Waals surface area contributed by atoms with E-state index in [0.29, 0.717) is 11.9 Å². The van der Waals surface area contributed by atoms with Crippen LogP contribution in [0.4, 0.5) is 18.9 Å². The predicted octanol–water partition coefficient (Wildman–Crippen LogP) is 2.58. The minimum absolute atomic E-state index is 0.0314. The average Bonchev–Trinajstić information content (AvgIpc) is 2.90. The number of carbonyl (C=O) groups is 1. The molecule has 0 aliphatic heterocycles. The fourth-order valence-corrected chi connectivity index (χ4v) is 1.86. The number of aromatic nitrogens is 2. The van der Waals surface area contributed by atoms with Crippen LogP contribution in [-0.4, -0.2) is 20.8 Å². The Balaban J connectivity index is 2.20. The van der Waals surface area contributed by atoms with Crippen molar-refractivity contribution in [3.63, 3.8) is 0 Å². The highest BCUT2D eigenvalue weighted by Crippen LogP contribution is 2.32. The van der Waals surface area contributed by atoms with Gasteiger partial charge in [-0.3, -0.25) is 14.9 Å². The van der Waals surface area contributed by atoms with E-state index >= 15 is 0 Å². The van der Waals surface area contributed by atoms with Crippen molar-refractivity contribution in [3.8, 4) is 0 Å². The lowest BCUT2D eigenvalue weighted by Gasteiger charge is -2.09. The van der Waals surface area contributed by atoms with Crippen molar-refractivity contribution < 1.29 is 22.9 Å². The third-order valence-electron chi connectivity index (χ3n) is 2.92. The molecule has 0 spiro atoms. The number of imidazole rings is 1. The molecular formula is C13H11F3N4O3. The number of hydrogen-bond acceptors (Lipinski definition) is 4. The zero-order chi connectivity index (χ0) is 17.2. The van der Waals surface area contributed by atoms with Crippen molar-refractivity contribution in [2.45, 2.75) is 19.6 Å². The number of rotatable bonds is 4. The minimum atomic E-state index is -4.72. The first-order valence-corrected chi connectivity index (χ1v) is 6.32. The van der Waals surface area contributed by atoms with Crippen LogP contribution < -0.4 is 5.32 Å². The van der Waals surface area contributed by atoms with Crippen molar-refractivity contribution in [1.82, 2.24) is 15.3 Å². The summed E-state index contributed by atoms with van der Waals surface area (Å²) in [4.78, 5) is 28.1. The summed E-state index contributed by atoms with van der Waals surface area (Å²) in [5.74, 6) is -0.0736. The lowest BCUT2D eigenvalue weighted by Crippen LogP contribution is -2.23. The Morgan fingerprint density at radius 1 is 1.39 bits per heavy atom. The number of nitro groups is 1. The molecule has 0 bridgehead atoms. The lowest BCUT2D eigenvalue weighted by atomic mass is 10.1. The van der Waals surface area contributed by atoms with E-state index in [4.69, 9.17) is 0 Å². The molecule has 1 aromatic heterocycles. The van der Waals surface area contributed by atoms with Gasteiger partial charge in [0.2, 0.25) is 0 Å². The van der Waals surface area contributed by atoms with Crippen LogP contribution in [0.2, 0.25) is 0 Å². The van der Waals surface area contributed by atoms with Crippen LogP contribution in [0.15, 0.2) is 24.4 Å². The number of carbonyl (C=O) groups excluding carboxylic acids is 1. The van der Waals surface area contributed by atoms with E-state index < -0.39 is 28.3 Å². The topological polar surface area (TPSA) is 101 Å². The monoisotopic (exact) mass is 328 g/mol. The smallest absolute Gasteiger partial charge is 0.347 e. The van der Waals surface area contributed by atoms with E-state index in [-0.39, 0.29) is 17.8 Å². The van der Waals surface area contributed by atoms with Gasteiger partial charge < -0.3 is 10.3 Å². The fraction of sp³-hybridized carbons (Fsp3) is 0.231. The number of nitro benzene ring substituents is 1. The van der Waals surface area contributed by atoms with Crippen LogP contribution in [0.5, 0.6) is 0 Å². The van der Waals surface area contributed by atoms with Crippen molar-refractivity contribution >= 4 is 11.6 Å². The Kier molecular flexibility index (Phi) is 4.34. The second-order valence-corrected chi connectivity index (χ2v) is 4.71. The molecule has 122 valence electrons. The van der Waals surface area contributed by atoms with E-state index in [1.807, 2.05) is 0 Å². The van der Waals surface area contributed by atoms with Gasteiger partial charge in [0, 0.05) is 18.7 Å². The molecule has 0 fully saturated rings. The normalized spacial score (nSPS) is 11.3. The lowest BCUT2D eigenvalue weighted by molar-refractivity contribution is -0.385. The highest BCUT2D eigenvalue weighted by Gasteiger charge is 2.32. The summed E-state index contributed by atoms with van der Waals surface area (Å²) in [7, 11) is 0. The molecule has 23 heavy (non-hydrogen) atoms. The third kappa shape index (κ3) is 4.05. The van der Waals surface area contributed by atoms with Crippen LogP contribution in [0.1, 0.15) is 27.4 Å². The summed E-state index contributed by atoms with van der Waals surface area (Å²) in [5.41, 5.74) is -1.73. The van der Waals surface area contributed by atoms with Crippen LogP contribution >= 0.6 is 0 Å². The Hall–Kier alpha value is -2.91. The van der Waals surface area contributed by atoms with Gasteiger partial charge in [-0.15, -0.1) is 0 Å². The van der Waals surface area contributed by atoms with Gasteiger partial charge in [0.25, 0.3) is 11.6 Å². The van der Waals surface area contributed by atoms with Gasteiger partial charge >= 0.3 is 6.18 Å². The standard InChI is InChI=1S/C13H11F3N4O3/c1-7-17-6-11(19-7)12(21)18-5-8-2-9(13(14,15)16)4-10(3-8)20(22)23/h2-4,6H,5H2,1H3,(H,17,19)(H,18,21). The van der Waals surface area contributed by atoms with Crippen molar-refractivity contribution in [2.24, 2.45) is 0 Å². The van der Waals surface area contributed by atoms with Gasteiger partial charge in [-0.25, -0.2) is 4.98 Å². The summed E-state index contributed by atoms with van der Waals surface area (Å²) < 4.78 is 38.3. The highest BCUT2D eigenvalue weighted by atomic mass is 19.4. The largest absolute Gasteiger partial charge is 0.416 e. The van der Waals surface area contributed by atoms with E-state index in [1.165, 1.54) is 6.20 Å². The molecule has 0 radical (unpaired) electrons. The summed E-state index contributed by atoms with van der Waals surface area (Å²) in [6.07, 6.45) is -3.44. The predicted molar refractivity (Wildman–Crippen MR) is 72.6 cm³/mol. The first-order chi connectivity index (χ1) is 10.7. The summed E-state index contributed by atoms with van der Waals surface area (Å²) >= 11 is 0. The molecule has 0 aliphatic carbocycles. The molecule has 7 nitrogen and oxygen atoms in total. The average molecular weight is 328 g/mol. The molecule has 2 aromatic rings. The number of benzene rings is 1. The molecule has 10 heteroatoms. The van der Waals surface area contributed by atoms with Crippen LogP contribution in [0, 0.1) is 17.0 Å². The maximum atomic E-state index is 12.8. The number of aryl methyl sites for hydroxylation is 1. The maximum absolute atomic E-state index is 12.8. The minimum Gasteiger partial charge on any atom is -0.347 e. The summed E-state index contributed by atoms with van der Waals surface area (Å²) in [6, 6.07) is 2.18. The Labute approximate surface area is 127 Å². The Bertz CT molecular complexity index is 755. The highest BCUT2D eigenvalue weighted by molar-refractivity contribution is 5.92. The zero-order valence-electron chi connectivity index (χ0n) is 11.8. The number of non-ortho nitro benzene ring substituents is 1. The van der Waals surface area contributed by atoms with Crippen molar-refractivity contribution in [3.05, 3.63) is 57.2 Å².